The van der Waals surface area contributed by atoms with E-state index in [9.17, 15) is 0 Å². The Labute approximate surface area is 149 Å². The zero-order valence-corrected chi connectivity index (χ0v) is 15.6. The molecule has 1 aliphatic rings. The first-order valence-electron chi connectivity index (χ1n) is 8.64. The van der Waals surface area contributed by atoms with E-state index in [-0.39, 0.29) is 0 Å². The summed E-state index contributed by atoms with van der Waals surface area (Å²) in [5.41, 5.74) is 1.95. The quantitative estimate of drug-likeness (QED) is 0.762. The van der Waals surface area contributed by atoms with Gasteiger partial charge in [-0.05, 0) is 44.1 Å². The third-order valence-electron chi connectivity index (χ3n) is 5.14. The summed E-state index contributed by atoms with van der Waals surface area (Å²) in [4.78, 5) is 27.2. The lowest BCUT2D eigenvalue weighted by Gasteiger charge is -2.28. The van der Waals surface area contributed by atoms with Crippen LogP contribution in [-0.4, -0.2) is 40.1 Å². The second-order valence-electron chi connectivity index (χ2n) is 6.59. The minimum Gasteiger partial charge on any atom is -0.493 e. The van der Waals surface area contributed by atoms with Gasteiger partial charge in [0, 0.05) is 23.5 Å². The van der Waals surface area contributed by atoms with Crippen molar-refractivity contribution in [3.05, 3.63) is 24.2 Å². The molecule has 1 aliphatic carbocycles. The van der Waals surface area contributed by atoms with E-state index in [1.54, 1.807) is 20.5 Å². The second kappa shape index (κ2) is 8.26. The van der Waals surface area contributed by atoms with Crippen molar-refractivity contribution in [1.29, 1.82) is 0 Å². The highest BCUT2D eigenvalue weighted by atomic mass is 31.2. The van der Waals surface area contributed by atoms with Gasteiger partial charge in [-0.3, -0.25) is 0 Å². The normalized spacial score (nSPS) is 20.8. The van der Waals surface area contributed by atoms with Gasteiger partial charge in [-0.15, -0.1) is 0 Å². The zero-order chi connectivity index (χ0) is 17.8. The fraction of sp³-hybridized carbons (Fsp3) is 0.556. The standard InChI is InChI=1S/C18H25N2O4P/c1-23-16-9-14-15(10-17(16)24-2)19-11-20-18(14)13-5-3-12(4-6-13)7-8-25(21)22/h9-13,21-22H,3-8H2,1-2H3. The van der Waals surface area contributed by atoms with Gasteiger partial charge in [-0.1, -0.05) is 0 Å². The Morgan fingerprint density at radius 3 is 2.36 bits per heavy atom. The fourth-order valence-corrected chi connectivity index (χ4v) is 4.35. The summed E-state index contributed by atoms with van der Waals surface area (Å²) < 4.78 is 10.8. The Morgan fingerprint density at radius 1 is 1.04 bits per heavy atom. The molecule has 2 aromatic rings. The predicted octanol–water partition coefficient (Wildman–Crippen LogP) is 3.61. The Hall–Kier alpha value is -1.49. The molecular formula is C18H25N2O4P. The number of benzene rings is 1. The molecule has 25 heavy (non-hydrogen) atoms. The van der Waals surface area contributed by atoms with Gasteiger partial charge in [0.05, 0.1) is 25.4 Å². The van der Waals surface area contributed by atoms with Crippen molar-refractivity contribution in [3.63, 3.8) is 0 Å². The zero-order valence-electron chi connectivity index (χ0n) is 14.7. The molecule has 1 saturated carbocycles. The lowest BCUT2D eigenvalue weighted by molar-refractivity contribution is 0.314. The van der Waals surface area contributed by atoms with E-state index in [4.69, 9.17) is 19.3 Å². The number of aromatic nitrogens is 2. The third-order valence-corrected chi connectivity index (χ3v) is 5.80. The fourth-order valence-electron chi connectivity index (χ4n) is 3.75. The highest BCUT2D eigenvalue weighted by Crippen LogP contribution is 2.41. The van der Waals surface area contributed by atoms with Crippen LogP contribution in [0.2, 0.25) is 0 Å². The smallest absolute Gasteiger partial charge is 0.164 e. The van der Waals surface area contributed by atoms with E-state index < -0.39 is 8.38 Å². The molecule has 7 heteroatoms. The van der Waals surface area contributed by atoms with E-state index in [0.717, 1.165) is 48.7 Å². The summed E-state index contributed by atoms with van der Waals surface area (Å²) in [6, 6.07) is 3.87. The highest BCUT2D eigenvalue weighted by Gasteiger charge is 2.25. The molecule has 3 rings (SSSR count). The van der Waals surface area contributed by atoms with E-state index in [1.165, 1.54) is 0 Å². The summed E-state index contributed by atoms with van der Waals surface area (Å²) in [5.74, 6) is 2.36. The van der Waals surface area contributed by atoms with Crippen LogP contribution in [0.5, 0.6) is 11.5 Å². The lowest BCUT2D eigenvalue weighted by atomic mass is 9.78. The molecule has 1 aromatic carbocycles. The second-order valence-corrected chi connectivity index (χ2v) is 7.78. The molecule has 0 bridgehead atoms. The maximum Gasteiger partial charge on any atom is 0.164 e. The SMILES string of the molecule is COc1cc2ncnc(C3CCC(CCP(O)O)CC3)c2cc1OC. The van der Waals surface area contributed by atoms with Crippen LogP contribution in [0.15, 0.2) is 18.5 Å². The molecule has 1 heterocycles. The van der Waals surface area contributed by atoms with Crippen molar-refractivity contribution >= 4 is 19.3 Å². The highest BCUT2D eigenvalue weighted by molar-refractivity contribution is 7.45. The van der Waals surface area contributed by atoms with Crippen LogP contribution in [0.3, 0.4) is 0 Å². The van der Waals surface area contributed by atoms with Gasteiger partial charge in [0.25, 0.3) is 0 Å². The van der Waals surface area contributed by atoms with Crippen molar-refractivity contribution in [2.45, 2.75) is 38.0 Å². The minimum absolute atomic E-state index is 0.407. The summed E-state index contributed by atoms with van der Waals surface area (Å²) in [6.07, 6.45) is 7.40. The van der Waals surface area contributed by atoms with Crippen LogP contribution in [-0.2, 0) is 0 Å². The number of rotatable bonds is 6. The predicted molar refractivity (Wildman–Crippen MR) is 98.2 cm³/mol. The number of hydrogen-bond acceptors (Lipinski definition) is 6. The van der Waals surface area contributed by atoms with Crippen LogP contribution >= 0.6 is 8.38 Å². The number of ether oxygens (including phenoxy) is 2. The van der Waals surface area contributed by atoms with Gasteiger partial charge in [-0.25, -0.2) is 9.97 Å². The Kier molecular flexibility index (Phi) is 6.05. The molecule has 0 radical (unpaired) electrons. The Morgan fingerprint density at radius 2 is 1.72 bits per heavy atom. The summed E-state index contributed by atoms with van der Waals surface area (Å²) in [6.45, 7) is 0. The molecule has 0 amide bonds. The number of fused-ring (bicyclic) bond motifs is 1. The largest absolute Gasteiger partial charge is 0.493 e. The molecule has 136 valence electrons. The van der Waals surface area contributed by atoms with E-state index in [0.29, 0.717) is 29.5 Å². The molecule has 1 aromatic heterocycles. The van der Waals surface area contributed by atoms with Crippen molar-refractivity contribution < 1.29 is 19.3 Å². The van der Waals surface area contributed by atoms with E-state index >= 15 is 0 Å². The Balaban J connectivity index is 1.80. The molecule has 0 atom stereocenters. The first kappa shape index (κ1) is 18.3. The molecule has 1 fully saturated rings. The van der Waals surface area contributed by atoms with E-state index in [1.807, 2.05) is 12.1 Å². The maximum absolute atomic E-state index is 9.10. The average Bonchev–Trinajstić information content (AvgIpc) is 2.65. The summed E-state index contributed by atoms with van der Waals surface area (Å²) in [5, 5.41) is 1.03. The van der Waals surface area contributed by atoms with Crippen LogP contribution in [0.25, 0.3) is 10.9 Å². The van der Waals surface area contributed by atoms with Gasteiger partial charge in [0.2, 0.25) is 0 Å². The molecule has 2 N–H and O–H groups in total. The molecule has 6 nitrogen and oxygen atoms in total. The van der Waals surface area contributed by atoms with Gasteiger partial charge < -0.3 is 19.3 Å². The van der Waals surface area contributed by atoms with Gasteiger partial charge in [0.15, 0.2) is 19.9 Å². The topological polar surface area (TPSA) is 84.7 Å². The van der Waals surface area contributed by atoms with Crippen LogP contribution < -0.4 is 9.47 Å². The molecule has 0 unspecified atom stereocenters. The minimum atomic E-state index is -1.76. The maximum atomic E-state index is 9.10. The first-order valence-corrected chi connectivity index (χ1v) is 10.1. The molecule has 0 spiro atoms. The average molecular weight is 364 g/mol. The third kappa shape index (κ3) is 4.20. The lowest BCUT2D eigenvalue weighted by Crippen LogP contribution is -2.15. The number of hydrogen-bond donors (Lipinski definition) is 2. The van der Waals surface area contributed by atoms with Crippen LogP contribution in [0.1, 0.15) is 43.7 Å². The Bertz CT molecular complexity index is 718. The summed E-state index contributed by atoms with van der Waals surface area (Å²) in [7, 11) is 1.50. The van der Waals surface area contributed by atoms with Gasteiger partial charge >= 0.3 is 0 Å². The first-order chi connectivity index (χ1) is 12.1. The number of methoxy groups -OCH3 is 2. The molecule has 0 saturated heterocycles. The molecular weight excluding hydrogens is 339 g/mol. The monoisotopic (exact) mass is 364 g/mol. The van der Waals surface area contributed by atoms with Crippen LogP contribution in [0.4, 0.5) is 0 Å². The van der Waals surface area contributed by atoms with Gasteiger partial charge in [-0.2, -0.15) is 0 Å². The number of nitrogens with zero attached hydrogens (tertiary/aromatic N) is 2. The van der Waals surface area contributed by atoms with Crippen LogP contribution in [0, 0.1) is 5.92 Å². The van der Waals surface area contributed by atoms with Crippen molar-refractivity contribution in [3.8, 4) is 11.5 Å². The molecule has 0 aliphatic heterocycles. The van der Waals surface area contributed by atoms with Crippen molar-refractivity contribution in [2.24, 2.45) is 5.92 Å². The van der Waals surface area contributed by atoms with Crippen molar-refractivity contribution in [1.82, 2.24) is 9.97 Å². The van der Waals surface area contributed by atoms with E-state index in [2.05, 4.69) is 9.97 Å². The summed E-state index contributed by atoms with van der Waals surface area (Å²) >= 11 is 0. The van der Waals surface area contributed by atoms with Gasteiger partial charge in [0.1, 0.15) is 6.33 Å². The van der Waals surface area contributed by atoms with Crippen molar-refractivity contribution in [2.75, 3.05) is 20.4 Å².